The lowest BCUT2D eigenvalue weighted by atomic mass is 10.0. The fraction of sp³-hybridized carbons (Fsp3) is 0.375. The van der Waals surface area contributed by atoms with Crippen LogP contribution in [0.1, 0.15) is 23.2 Å². The summed E-state index contributed by atoms with van der Waals surface area (Å²) in [4.78, 5) is 14.4. The largest absolute Gasteiger partial charge is 0.391 e. The number of carbonyl (C=O) groups is 1. The number of piperidine rings is 1. The van der Waals surface area contributed by atoms with Crippen molar-refractivity contribution in [2.45, 2.75) is 18.9 Å². The minimum Gasteiger partial charge on any atom is -0.391 e. The van der Waals surface area contributed by atoms with Gasteiger partial charge in [-0.1, -0.05) is 30.3 Å². The van der Waals surface area contributed by atoms with E-state index >= 15 is 0 Å². The monoisotopic (exact) mass is 285 g/mol. The topological polar surface area (TPSA) is 58.4 Å². The second kappa shape index (κ2) is 5.69. The van der Waals surface area contributed by atoms with Crippen LogP contribution in [0.4, 0.5) is 0 Å². The predicted octanol–water partition coefficient (Wildman–Crippen LogP) is 1.68. The van der Waals surface area contributed by atoms with Crippen LogP contribution in [0.25, 0.3) is 11.3 Å². The van der Waals surface area contributed by atoms with E-state index in [1.165, 1.54) is 0 Å². The molecule has 0 bridgehead atoms. The average molecular weight is 285 g/mol. The molecule has 1 atom stereocenters. The van der Waals surface area contributed by atoms with Crippen LogP contribution >= 0.6 is 0 Å². The quantitative estimate of drug-likeness (QED) is 0.913. The van der Waals surface area contributed by atoms with E-state index in [2.05, 4.69) is 5.10 Å². The van der Waals surface area contributed by atoms with Gasteiger partial charge in [0.25, 0.3) is 5.91 Å². The average Bonchev–Trinajstić information content (AvgIpc) is 2.89. The van der Waals surface area contributed by atoms with Gasteiger partial charge in [0.2, 0.25) is 0 Å². The molecule has 2 heterocycles. The molecule has 1 aromatic carbocycles. The molecule has 1 amide bonds. The normalized spacial score (nSPS) is 18.8. The lowest BCUT2D eigenvalue weighted by Gasteiger charge is -2.30. The molecular formula is C16H19N3O2. The van der Waals surface area contributed by atoms with Gasteiger partial charge < -0.3 is 10.0 Å². The summed E-state index contributed by atoms with van der Waals surface area (Å²) >= 11 is 0. The molecule has 21 heavy (non-hydrogen) atoms. The maximum absolute atomic E-state index is 12.7. The highest BCUT2D eigenvalue weighted by Gasteiger charge is 2.26. The Morgan fingerprint density at radius 1 is 1.33 bits per heavy atom. The summed E-state index contributed by atoms with van der Waals surface area (Å²) in [5.74, 6) is -0.0549. The fourth-order valence-corrected chi connectivity index (χ4v) is 2.76. The number of rotatable bonds is 2. The third-order valence-corrected chi connectivity index (χ3v) is 3.79. The number of hydrogen-bond acceptors (Lipinski definition) is 3. The van der Waals surface area contributed by atoms with Crippen molar-refractivity contribution in [1.29, 1.82) is 0 Å². The number of nitrogens with zero attached hydrogens (tertiary/aromatic N) is 3. The smallest absolute Gasteiger partial charge is 0.257 e. The number of carbonyl (C=O) groups excluding carboxylic acids is 1. The van der Waals surface area contributed by atoms with Crippen molar-refractivity contribution in [3.63, 3.8) is 0 Å². The maximum atomic E-state index is 12.7. The summed E-state index contributed by atoms with van der Waals surface area (Å²) in [5, 5.41) is 14.2. The molecule has 5 nitrogen and oxygen atoms in total. The Balaban J connectivity index is 1.93. The highest BCUT2D eigenvalue weighted by atomic mass is 16.3. The number of aliphatic hydroxyl groups excluding tert-OH is 1. The van der Waals surface area contributed by atoms with Crippen molar-refractivity contribution >= 4 is 5.91 Å². The van der Waals surface area contributed by atoms with Crippen LogP contribution < -0.4 is 0 Å². The maximum Gasteiger partial charge on any atom is 0.257 e. The molecule has 5 heteroatoms. The lowest BCUT2D eigenvalue weighted by molar-refractivity contribution is 0.0474. The van der Waals surface area contributed by atoms with Gasteiger partial charge >= 0.3 is 0 Å². The number of β-amino-alcohol motifs (C(OH)–C–C–N with tert-alkyl or cyclic N) is 1. The first-order valence-corrected chi connectivity index (χ1v) is 7.21. The minimum absolute atomic E-state index is 0.0549. The summed E-state index contributed by atoms with van der Waals surface area (Å²) in [7, 11) is 1.81. The Hall–Kier alpha value is -2.14. The molecular weight excluding hydrogens is 266 g/mol. The Morgan fingerprint density at radius 3 is 2.81 bits per heavy atom. The molecule has 1 saturated heterocycles. The first-order chi connectivity index (χ1) is 10.1. The van der Waals surface area contributed by atoms with Gasteiger partial charge in [-0.05, 0) is 12.8 Å². The molecule has 0 radical (unpaired) electrons. The van der Waals surface area contributed by atoms with E-state index in [0.717, 1.165) is 18.4 Å². The number of likely N-dealkylation sites (tertiary alicyclic amines) is 1. The summed E-state index contributed by atoms with van der Waals surface area (Å²) in [5.41, 5.74) is 2.22. The van der Waals surface area contributed by atoms with Crippen LogP contribution in [-0.4, -0.2) is 44.9 Å². The summed E-state index contributed by atoms with van der Waals surface area (Å²) in [6, 6.07) is 9.70. The van der Waals surface area contributed by atoms with E-state index in [9.17, 15) is 9.90 Å². The zero-order valence-electron chi connectivity index (χ0n) is 12.1. The van der Waals surface area contributed by atoms with E-state index in [0.29, 0.717) is 24.3 Å². The van der Waals surface area contributed by atoms with Crippen molar-refractivity contribution in [2.75, 3.05) is 13.1 Å². The van der Waals surface area contributed by atoms with Crippen molar-refractivity contribution in [1.82, 2.24) is 14.7 Å². The summed E-state index contributed by atoms with van der Waals surface area (Å²) in [6.07, 6.45) is 2.95. The van der Waals surface area contributed by atoms with Crippen molar-refractivity contribution in [3.05, 3.63) is 42.1 Å². The molecule has 2 aromatic rings. The third kappa shape index (κ3) is 2.83. The number of benzene rings is 1. The molecule has 110 valence electrons. The van der Waals surface area contributed by atoms with E-state index in [4.69, 9.17) is 0 Å². The Kier molecular flexibility index (Phi) is 3.75. The highest BCUT2D eigenvalue weighted by molar-refractivity contribution is 5.99. The lowest BCUT2D eigenvalue weighted by Crippen LogP contribution is -2.42. The van der Waals surface area contributed by atoms with E-state index in [1.54, 1.807) is 15.8 Å². The van der Waals surface area contributed by atoms with Crippen molar-refractivity contribution < 1.29 is 9.90 Å². The predicted molar refractivity (Wildman–Crippen MR) is 79.8 cm³/mol. The van der Waals surface area contributed by atoms with Gasteiger partial charge in [-0.3, -0.25) is 9.48 Å². The van der Waals surface area contributed by atoms with Crippen LogP contribution in [-0.2, 0) is 7.05 Å². The zero-order valence-corrected chi connectivity index (χ0v) is 12.1. The van der Waals surface area contributed by atoms with Gasteiger partial charge in [0, 0.05) is 31.9 Å². The van der Waals surface area contributed by atoms with E-state index in [-0.39, 0.29) is 5.91 Å². The van der Waals surface area contributed by atoms with E-state index in [1.807, 2.05) is 37.4 Å². The molecule has 1 unspecified atom stereocenters. The van der Waals surface area contributed by atoms with Crippen molar-refractivity contribution in [3.8, 4) is 11.3 Å². The molecule has 0 spiro atoms. The Labute approximate surface area is 123 Å². The summed E-state index contributed by atoms with van der Waals surface area (Å²) < 4.78 is 1.66. The first-order valence-electron chi connectivity index (χ1n) is 7.21. The molecule has 1 aliphatic rings. The van der Waals surface area contributed by atoms with Gasteiger partial charge in [-0.15, -0.1) is 0 Å². The number of amides is 1. The fourth-order valence-electron chi connectivity index (χ4n) is 2.76. The van der Waals surface area contributed by atoms with Crippen LogP contribution in [0, 0.1) is 0 Å². The van der Waals surface area contributed by atoms with Gasteiger partial charge in [0.1, 0.15) is 5.69 Å². The number of aryl methyl sites for hydroxylation is 1. The molecule has 1 aliphatic heterocycles. The third-order valence-electron chi connectivity index (χ3n) is 3.79. The summed E-state index contributed by atoms with van der Waals surface area (Å²) in [6.45, 7) is 1.10. The molecule has 3 rings (SSSR count). The Bertz CT molecular complexity index is 636. The van der Waals surface area contributed by atoms with Gasteiger partial charge in [0.05, 0.1) is 11.7 Å². The number of aromatic nitrogens is 2. The van der Waals surface area contributed by atoms with Crippen LogP contribution in [0.5, 0.6) is 0 Å². The molecule has 0 aliphatic carbocycles. The molecule has 1 N–H and O–H groups in total. The van der Waals surface area contributed by atoms with Gasteiger partial charge in [-0.2, -0.15) is 5.10 Å². The molecule has 1 aromatic heterocycles. The van der Waals surface area contributed by atoms with Crippen LogP contribution in [0.3, 0.4) is 0 Å². The number of hydrogen-bond donors (Lipinski definition) is 1. The second-order valence-electron chi connectivity index (χ2n) is 5.48. The molecule has 1 fully saturated rings. The first kappa shape index (κ1) is 13.8. The Morgan fingerprint density at radius 2 is 2.10 bits per heavy atom. The van der Waals surface area contributed by atoms with Crippen LogP contribution in [0.2, 0.25) is 0 Å². The minimum atomic E-state index is -0.417. The SMILES string of the molecule is Cn1cc(C(=O)N2CCCC(O)C2)c(-c2ccccc2)n1. The van der Waals surface area contributed by atoms with Gasteiger partial charge in [-0.25, -0.2) is 0 Å². The van der Waals surface area contributed by atoms with E-state index < -0.39 is 6.10 Å². The van der Waals surface area contributed by atoms with Crippen LogP contribution in [0.15, 0.2) is 36.5 Å². The zero-order chi connectivity index (χ0) is 14.8. The molecule has 0 saturated carbocycles. The number of aliphatic hydroxyl groups is 1. The van der Waals surface area contributed by atoms with Crippen molar-refractivity contribution in [2.24, 2.45) is 7.05 Å². The van der Waals surface area contributed by atoms with Gasteiger partial charge in [0.15, 0.2) is 0 Å². The standard InChI is InChI=1S/C16H19N3O2/c1-18-11-14(15(17-18)12-6-3-2-4-7-12)16(21)19-9-5-8-13(20)10-19/h2-4,6-7,11,13,20H,5,8-10H2,1H3. The second-order valence-corrected chi connectivity index (χ2v) is 5.48. The highest BCUT2D eigenvalue weighted by Crippen LogP contribution is 2.24.